The van der Waals surface area contributed by atoms with E-state index in [2.05, 4.69) is 89.6 Å². The molecule has 182 valence electrons. The fourth-order valence-corrected chi connectivity index (χ4v) is 5.91. The summed E-state index contributed by atoms with van der Waals surface area (Å²) in [5.74, 6) is 0.193. The number of fused-ring (bicyclic) bond motifs is 1. The Morgan fingerprint density at radius 3 is 1.97 bits per heavy atom. The van der Waals surface area contributed by atoms with E-state index in [0.717, 1.165) is 40.8 Å². The molecular weight excluding hydrogens is 458 g/mol. The molecule has 0 amide bonds. The molecule has 0 saturated carbocycles. The molecule has 1 heterocycles. The average molecular weight is 486 g/mol. The monoisotopic (exact) mass is 485 g/mol. The highest BCUT2D eigenvalue weighted by Crippen LogP contribution is 2.44. The van der Waals surface area contributed by atoms with E-state index in [1.54, 1.807) is 12.2 Å². The lowest BCUT2D eigenvalue weighted by atomic mass is 9.74. The van der Waals surface area contributed by atoms with Crippen molar-refractivity contribution in [1.29, 1.82) is 0 Å². The number of benzene rings is 3. The number of aromatic nitrogens is 2. The molecule has 0 spiro atoms. The molecule has 0 aliphatic heterocycles. The Hall–Kier alpha value is -4.51. The molecule has 2 aliphatic carbocycles. The van der Waals surface area contributed by atoms with Crippen molar-refractivity contribution in [2.45, 2.75) is 18.4 Å². The highest BCUT2D eigenvalue weighted by molar-refractivity contribution is 5.68. The van der Waals surface area contributed by atoms with Gasteiger partial charge in [0.25, 0.3) is 5.70 Å². The zero-order chi connectivity index (χ0) is 25.2. The van der Waals surface area contributed by atoms with Gasteiger partial charge in [-0.1, -0.05) is 103 Å². The molecule has 2 unspecified atom stereocenters. The zero-order valence-corrected chi connectivity index (χ0v) is 20.4. The summed E-state index contributed by atoms with van der Waals surface area (Å²) in [6.07, 6.45) is 13.6. The van der Waals surface area contributed by atoms with E-state index in [9.17, 15) is 10.1 Å². The topological polar surface area (TPSA) is 61.0 Å². The van der Waals surface area contributed by atoms with E-state index in [4.69, 9.17) is 4.98 Å². The molecule has 0 bridgehead atoms. The Morgan fingerprint density at radius 1 is 0.865 bits per heavy atom. The molecule has 0 N–H and O–H groups in total. The molecule has 37 heavy (non-hydrogen) atoms. The van der Waals surface area contributed by atoms with Crippen LogP contribution in [0.15, 0.2) is 134 Å². The van der Waals surface area contributed by atoms with Crippen molar-refractivity contribution in [2.75, 3.05) is 0 Å². The summed E-state index contributed by atoms with van der Waals surface area (Å²) in [6.45, 7) is 0. The molecule has 5 nitrogen and oxygen atoms in total. The van der Waals surface area contributed by atoms with Crippen molar-refractivity contribution < 1.29 is 4.92 Å². The van der Waals surface area contributed by atoms with Crippen LogP contribution in [-0.2, 0) is 5.54 Å². The third-order valence-corrected chi connectivity index (χ3v) is 7.60. The van der Waals surface area contributed by atoms with Gasteiger partial charge < -0.3 is 4.57 Å². The van der Waals surface area contributed by atoms with E-state index in [1.807, 2.05) is 30.6 Å². The molecule has 2 atom stereocenters. The summed E-state index contributed by atoms with van der Waals surface area (Å²) in [5, 5.41) is 11.5. The van der Waals surface area contributed by atoms with Gasteiger partial charge in [-0.25, -0.2) is 4.98 Å². The fourth-order valence-electron chi connectivity index (χ4n) is 5.91. The van der Waals surface area contributed by atoms with Gasteiger partial charge in [0.2, 0.25) is 0 Å². The number of imidazole rings is 1. The lowest BCUT2D eigenvalue weighted by molar-refractivity contribution is -0.419. The molecule has 1 aromatic heterocycles. The molecular formula is C32H27N3O2. The van der Waals surface area contributed by atoms with E-state index < -0.39 is 5.54 Å². The van der Waals surface area contributed by atoms with Gasteiger partial charge in [-0.3, -0.25) is 10.1 Å². The maximum atomic E-state index is 11.5. The summed E-state index contributed by atoms with van der Waals surface area (Å²) in [7, 11) is 0. The van der Waals surface area contributed by atoms with Crippen molar-refractivity contribution >= 4 is 5.57 Å². The fraction of sp³-hybridized carbons (Fsp3) is 0.156. The van der Waals surface area contributed by atoms with Crippen LogP contribution in [0.2, 0.25) is 0 Å². The average Bonchev–Trinajstić information content (AvgIpc) is 3.45. The van der Waals surface area contributed by atoms with Gasteiger partial charge in [0, 0.05) is 24.3 Å². The van der Waals surface area contributed by atoms with Crippen molar-refractivity contribution in [3.05, 3.63) is 166 Å². The van der Waals surface area contributed by atoms with Crippen LogP contribution in [0, 0.1) is 22.0 Å². The Labute approximate surface area is 216 Å². The molecule has 4 aromatic rings. The van der Waals surface area contributed by atoms with E-state index in [0.29, 0.717) is 0 Å². The van der Waals surface area contributed by atoms with Crippen LogP contribution in [0.4, 0.5) is 0 Å². The Balaban J connectivity index is 1.54. The minimum atomic E-state index is -0.641. The highest BCUT2D eigenvalue weighted by atomic mass is 16.6. The molecule has 3 aromatic carbocycles. The van der Waals surface area contributed by atoms with Gasteiger partial charge in [-0.2, -0.15) is 0 Å². The van der Waals surface area contributed by atoms with Gasteiger partial charge in [0.05, 0.1) is 16.9 Å². The van der Waals surface area contributed by atoms with Gasteiger partial charge in [0.15, 0.2) is 0 Å². The van der Waals surface area contributed by atoms with Crippen LogP contribution < -0.4 is 0 Å². The van der Waals surface area contributed by atoms with E-state index in [1.165, 1.54) is 0 Å². The molecule has 5 heteroatoms. The van der Waals surface area contributed by atoms with E-state index >= 15 is 0 Å². The second-order valence-corrected chi connectivity index (χ2v) is 9.61. The third kappa shape index (κ3) is 3.93. The smallest absolute Gasteiger partial charge is 0.265 e. The van der Waals surface area contributed by atoms with Gasteiger partial charge in [0.1, 0.15) is 5.54 Å². The second kappa shape index (κ2) is 9.51. The minimum Gasteiger partial charge on any atom is -0.318 e. The second-order valence-electron chi connectivity index (χ2n) is 9.61. The maximum absolute atomic E-state index is 11.5. The standard InChI is InChI=1S/C32H27N3O2/c36-35(37)28-20-19-24-11-10-18-29(30(24)21-28)31-22-34(23-33-31)32(25-12-4-1-5-13-25,26-14-6-2-7-15-26)27-16-8-3-9-17-27/h1-9,12-24,30H,10-11H2. The lowest BCUT2D eigenvalue weighted by Gasteiger charge is -2.37. The van der Waals surface area contributed by atoms with Crippen molar-refractivity contribution in [2.24, 2.45) is 11.8 Å². The first-order valence-corrected chi connectivity index (χ1v) is 12.6. The summed E-state index contributed by atoms with van der Waals surface area (Å²) >= 11 is 0. The molecule has 0 fully saturated rings. The van der Waals surface area contributed by atoms with Gasteiger partial charge in [-0.15, -0.1) is 0 Å². The van der Waals surface area contributed by atoms with Gasteiger partial charge in [-0.05, 0) is 41.0 Å². The number of rotatable bonds is 6. The molecule has 0 radical (unpaired) electrons. The minimum absolute atomic E-state index is 0.0536. The van der Waals surface area contributed by atoms with Crippen molar-refractivity contribution in [1.82, 2.24) is 9.55 Å². The quantitative estimate of drug-likeness (QED) is 0.170. The van der Waals surface area contributed by atoms with Crippen molar-refractivity contribution in [3.8, 4) is 0 Å². The zero-order valence-electron chi connectivity index (χ0n) is 20.4. The molecule has 0 saturated heterocycles. The number of nitro groups is 1. The number of allylic oxidation sites excluding steroid dienone is 5. The van der Waals surface area contributed by atoms with Gasteiger partial charge >= 0.3 is 0 Å². The van der Waals surface area contributed by atoms with Crippen LogP contribution in [0.3, 0.4) is 0 Å². The van der Waals surface area contributed by atoms with Crippen LogP contribution >= 0.6 is 0 Å². The predicted molar refractivity (Wildman–Crippen MR) is 145 cm³/mol. The van der Waals surface area contributed by atoms with Crippen LogP contribution in [0.1, 0.15) is 35.2 Å². The van der Waals surface area contributed by atoms with Crippen LogP contribution in [-0.4, -0.2) is 14.5 Å². The maximum Gasteiger partial charge on any atom is 0.265 e. The number of hydrogen-bond donors (Lipinski definition) is 0. The first-order valence-electron chi connectivity index (χ1n) is 12.6. The van der Waals surface area contributed by atoms with Crippen LogP contribution in [0.5, 0.6) is 0 Å². The Kier molecular flexibility index (Phi) is 5.89. The Bertz CT molecular complexity index is 1400. The van der Waals surface area contributed by atoms with E-state index in [-0.39, 0.29) is 22.5 Å². The normalized spacial score (nSPS) is 19.0. The molecule has 2 aliphatic rings. The summed E-state index contributed by atoms with van der Waals surface area (Å²) < 4.78 is 2.20. The predicted octanol–water partition coefficient (Wildman–Crippen LogP) is 6.86. The summed E-state index contributed by atoms with van der Waals surface area (Å²) in [4.78, 5) is 16.1. The van der Waals surface area contributed by atoms with Crippen molar-refractivity contribution in [3.63, 3.8) is 0 Å². The van der Waals surface area contributed by atoms with Crippen LogP contribution in [0.25, 0.3) is 5.57 Å². The first kappa shape index (κ1) is 22.9. The highest BCUT2D eigenvalue weighted by Gasteiger charge is 2.39. The number of nitrogens with zero attached hydrogens (tertiary/aromatic N) is 3. The summed E-state index contributed by atoms with van der Waals surface area (Å²) in [5.41, 5.74) is 4.81. The Morgan fingerprint density at radius 2 is 1.43 bits per heavy atom. The largest absolute Gasteiger partial charge is 0.318 e. The SMILES string of the molecule is O=[N+]([O-])C1=CC2C(c3cn(C(c4ccccc4)(c4ccccc4)c4ccccc4)cn3)=CCCC2C=C1. The number of hydrogen-bond acceptors (Lipinski definition) is 3. The molecule has 6 rings (SSSR count). The first-order chi connectivity index (χ1) is 18.2. The third-order valence-electron chi connectivity index (χ3n) is 7.60. The lowest BCUT2D eigenvalue weighted by Crippen LogP contribution is -2.37. The summed E-state index contributed by atoms with van der Waals surface area (Å²) in [6, 6.07) is 31.5.